The molecule has 0 bridgehead atoms. The molecule has 19 heavy (non-hydrogen) atoms. The van der Waals surface area contributed by atoms with E-state index in [0.29, 0.717) is 11.0 Å². The van der Waals surface area contributed by atoms with Crippen molar-refractivity contribution in [3.8, 4) is 16.9 Å². The first kappa shape index (κ1) is 11.3. The number of aromatic nitrogens is 1. The van der Waals surface area contributed by atoms with Crippen molar-refractivity contribution in [2.75, 3.05) is 0 Å². The highest BCUT2D eigenvalue weighted by Gasteiger charge is 2.15. The Kier molecular flexibility index (Phi) is 2.45. The molecule has 5 nitrogen and oxygen atoms in total. The molecule has 0 spiro atoms. The van der Waals surface area contributed by atoms with Crippen LogP contribution in [0.5, 0.6) is 5.75 Å². The molecule has 0 aliphatic heterocycles. The molecule has 5 heteroatoms. The number of carbonyl (C=O) groups is 1. The average molecular weight is 255 g/mol. The molecule has 0 saturated heterocycles. The third-order valence-electron chi connectivity index (χ3n) is 2.88. The molecule has 1 aromatic heterocycles. The molecule has 0 aliphatic rings. The van der Waals surface area contributed by atoms with Gasteiger partial charge in [-0.3, -0.25) is 0 Å². The number of hydrogen-bond donors (Lipinski definition) is 2. The van der Waals surface area contributed by atoms with Gasteiger partial charge < -0.3 is 14.7 Å². The van der Waals surface area contributed by atoms with Crippen molar-refractivity contribution in [3.05, 3.63) is 48.2 Å². The minimum Gasteiger partial charge on any atom is -0.508 e. The lowest BCUT2D eigenvalue weighted by molar-refractivity contribution is 0.0688. The van der Waals surface area contributed by atoms with E-state index in [4.69, 9.17) is 9.63 Å². The molecule has 0 aliphatic carbocycles. The first-order valence-corrected chi connectivity index (χ1v) is 5.57. The second-order valence-corrected chi connectivity index (χ2v) is 4.09. The first-order valence-electron chi connectivity index (χ1n) is 5.57. The number of fused-ring (bicyclic) bond motifs is 1. The summed E-state index contributed by atoms with van der Waals surface area (Å²) in [6.45, 7) is 0. The summed E-state index contributed by atoms with van der Waals surface area (Å²) in [6.07, 6.45) is 0. The number of benzene rings is 2. The molecule has 0 saturated carbocycles. The van der Waals surface area contributed by atoms with E-state index in [1.807, 2.05) is 0 Å². The quantitative estimate of drug-likeness (QED) is 0.735. The lowest BCUT2D eigenvalue weighted by atomic mass is 10.0. The van der Waals surface area contributed by atoms with Crippen molar-refractivity contribution in [1.29, 1.82) is 0 Å². The van der Waals surface area contributed by atoms with Gasteiger partial charge in [-0.15, -0.1) is 0 Å². The Bertz CT molecular complexity index is 759. The van der Waals surface area contributed by atoms with E-state index >= 15 is 0 Å². The van der Waals surface area contributed by atoms with Crippen molar-refractivity contribution < 1.29 is 19.5 Å². The number of nitrogens with zero attached hydrogens (tertiary/aromatic N) is 1. The van der Waals surface area contributed by atoms with Crippen molar-refractivity contribution >= 4 is 16.9 Å². The lowest BCUT2D eigenvalue weighted by Crippen LogP contribution is -1.96. The minimum absolute atomic E-state index is 0.0905. The summed E-state index contributed by atoms with van der Waals surface area (Å²) in [5.74, 6) is -0.922. The molecule has 3 rings (SSSR count). The number of carboxylic acid groups (broad SMARTS) is 1. The Labute approximate surface area is 107 Å². The Morgan fingerprint density at radius 3 is 2.42 bits per heavy atom. The van der Waals surface area contributed by atoms with Gasteiger partial charge in [0.15, 0.2) is 11.3 Å². The van der Waals surface area contributed by atoms with Crippen LogP contribution in [-0.2, 0) is 0 Å². The molecule has 0 fully saturated rings. The third kappa shape index (κ3) is 1.91. The van der Waals surface area contributed by atoms with Crippen molar-refractivity contribution in [3.63, 3.8) is 0 Å². The van der Waals surface area contributed by atoms with Gasteiger partial charge in [0.05, 0.1) is 5.39 Å². The van der Waals surface area contributed by atoms with Gasteiger partial charge in [-0.05, 0) is 35.4 Å². The van der Waals surface area contributed by atoms with Gasteiger partial charge in [-0.2, -0.15) is 0 Å². The van der Waals surface area contributed by atoms with Gasteiger partial charge in [0, 0.05) is 0 Å². The second-order valence-electron chi connectivity index (χ2n) is 4.09. The Hall–Kier alpha value is -2.82. The molecule has 0 radical (unpaired) electrons. The fraction of sp³-hybridized carbons (Fsp3) is 0. The summed E-state index contributed by atoms with van der Waals surface area (Å²) in [6, 6.07) is 11.9. The maximum Gasteiger partial charge on any atom is 0.358 e. The van der Waals surface area contributed by atoms with E-state index in [2.05, 4.69) is 5.16 Å². The van der Waals surface area contributed by atoms with Crippen LogP contribution < -0.4 is 0 Å². The van der Waals surface area contributed by atoms with Gasteiger partial charge in [-0.25, -0.2) is 4.79 Å². The highest BCUT2D eigenvalue weighted by atomic mass is 16.5. The van der Waals surface area contributed by atoms with E-state index in [-0.39, 0.29) is 11.4 Å². The molecule has 0 atom stereocenters. The summed E-state index contributed by atoms with van der Waals surface area (Å²) in [5.41, 5.74) is 2.09. The number of hydrogen-bond acceptors (Lipinski definition) is 4. The minimum atomic E-state index is -1.11. The number of aromatic hydroxyl groups is 1. The highest BCUT2D eigenvalue weighted by Crippen LogP contribution is 2.27. The Morgan fingerprint density at radius 1 is 1.05 bits per heavy atom. The maximum absolute atomic E-state index is 10.9. The van der Waals surface area contributed by atoms with Crippen LogP contribution in [0.25, 0.3) is 22.1 Å². The number of carboxylic acids is 1. The average Bonchev–Trinajstić information content (AvgIpc) is 2.82. The van der Waals surface area contributed by atoms with E-state index in [9.17, 15) is 9.90 Å². The SMILES string of the molecule is O=C(O)c1noc2cc(-c3ccc(O)cc3)ccc12. The summed E-state index contributed by atoms with van der Waals surface area (Å²) in [4.78, 5) is 10.9. The van der Waals surface area contributed by atoms with Crippen LogP contribution in [0.4, 0.5) is 0 Å². The fourth-order valence-electron chi connectivity index (χ4n) is 1.93. The van der Waals surface area contributed by atoms with Crippen LogP contribution in [0.2, 0.25) is 0 Å². The molecule has 0 unspecified atom stereocenters. The topological polar surface area (TPSA) is 83.6 Å². The molecule has 0 amide bonds. The zero-order chi connectivity index (χ0) is 13.4. The fourth-order valence-corrected chi connectivity index (χ4v) is 1.93. The third-order valence-corrected chi connectivity index (χ3v) is 2.88. The Morgan fingerprint density at radius 2 is 1.74 bits per heavy atom. The zero-order valence-electron chi connectivity index (χ0n) is 9.70. The monoisotopic (exact) mass is 255 g/mol. The van der Waals surface area contributed by atoms with Crippen molar-refractivity contribution in [2.24, 2.45) is 0 Å². The summed E-state index contributed by atoms with van der Waals surface area (Å²) < 4.78 is 5.02. The Balaban J connectivity index is 2.12. The number of phenols is 1. The van der Waals surface area contributed by atoms with Gasteiger partial charge >= 0.3 is 5.97 Å². The van der Waals surface area contributed by atoms with Crippen LogP contribution >= 0.6 is 0 Å². The normalized spacial score (nSPS) is 10.7. The standard InChI is InChI=1S/C14H9NO4/c16-10-4-1-8(2-5-10)9-3-6-11-12(7-9)19-15-13(11)14(17)18/h1-7,16H,(H,17,18). The van der Waals surface area contributed by atoms with Gasteiger partial charge in [0.2, 0.25) is 0 Å². The zero-order valence-corrected chi connectivity index (χ0v) is 9.70. The summed E-state index contributed by atoms with van der Waals surface area (Å²) in [5, 5.41) is 22.2. The predicted octanol–water partition coefficient (Wildman–Crippen LogP) is 2.90. The summed E-state index contributed by atoms with van der Waals surface area (Å²) >= 11 is 0. The van der Waals surface area contributed by atoms with Crippen LogP contribution in [0.15, 0.2) is 47.0 Å². The van der Waals surface area contributed by atoms with Crippen LogP contribution in [0, 0.1) is 0 Å². The highest BCUT2D eigenvalue weighted by molar-refractivity contribution is 6.01. The number of aromatic carboxylic acids is 1. The predicted molar refractivity (Wildman–Crippen MR) is 68.1 cm³/mol. The van der Waals surface area contributed by atoms with Crippen molar-refractivity contribution in [2.45, 2.75) is 0 Å². The molecule has 2 aromatic carbocycles. The van der Waals surface area contributed by atoms with Crippen LogP contribution in [-0.4, -0.2) is 21.3 Å². The van der Waals surface area contributed by atoms with Gasteiger partial charge in [0.25, 0.3) is 0 Å². The maximum atomic E-state index is 10.9. The van der Waals surface area contributed by atoms with Gasteiger partial charge in [-0.1, -0.05) is 23.4 Å². The molecule has 1 heterocycles. The first-order chi connectivity index (χ1) is 9.15. The molecule has 3 aromatic rings. The smallest absolute Gasteiger partial charge is 0.358 e. The summed E-state index contributed by atoms with van der Waals surface area (Å²) in [7, 11) is 0. The van der Waals surface area contributed by atoms with Crippen LogP contribution in [0.1, 0.15) is 10.5 Å². The molecule has 94 valence electrons. The van der Waals surface area contributed by atoms with E-state index in [0.717, 1.165) is 11.1 Å². The second kappa shape index (κ2) is 4.13. The van der Waals surface area contributed by atoms with Crippen molar-refractivity contribution in [1.82, 2.24) is 5.16 Å². The molecular weight excluding hydrogens is 246 g/mol. The largest absolute Gasteiger partial charge is 0.508 e. The van der Waals surface area contributed by atoms with E-state index in [1.54, 1.807) is 42.5 Å². The number of phenolic OH excluding ortho intramolecular Hbond substituents is 1. The van der Waals surface area contributed by atoms with Crippen LogP contribution in [0.3, 0.4) is 0 Å². The molecule has 2 N–H and O–H groups in total. The molecular formula is C14H9NO4. The lowest BCUT2D eigenvalue weighted by Gasteiger charge is -2.01. The van der Waals surface area contributed by atoms with E-state index < -0.39 is 5.97 Å². The number of rotatable bonds is 2. The van der Waals surface area contributed by atoms with Gasteiger partial charge in [0.1, 0.15) is 5.75 Å². The van der Waals surface area contributed by atoms with E-state index in [1.165, 1.54) is 0 Å².